The lowest BCUT2D eigenvalue weighted by molar-refractivity contribution is 0.597. The first kappa shape index (κ1) is 12.6. The van der Waals surface area contributed by atoms with Crippen molar-refractivity contribution in [2.24, 2.45) is 0 Å². The molecule has 2 rings (SSSR count). The monoisotopic (exact) mass is 269 g/mol. The van der Waals surface area contributed by atoms with Crippen molar-refractivity contribution in [3.8, 4) is 0 Å². The topological polar surface area (TPSA) is 74.8 Å². The molecule has 0 aliphatic heterocycles. The Bertz CT molecular complexity index is 679. The summed E-state index contributed by atoms with van der Waals surface area (Å²) < 4.78 is 39.3. The van der Waals surface area contributed by atoms with Crippen LogP contribution in [0.5, 0.6) is 0 Å². The van der Waals surface area contributed by atoms with Crippen molar-refractivity contribution in [2.75, 3.05) is 4.72 Å². The minimum atomic E-state index is -3.71. The molecule has 0 atom stereocenters. The van der Waals surface area contributed by atoms with E-state index in [9.17, 15) is 12.8 Å². The smallest absolute Gasteiger partial charge is 0.278 e. The molecular weight excluding hydrogens is 257 g/mol. The normalized spacial score (nSPS) is 11.5. The van der Waals surface area contributed by atoms with E-state index in [4.69, 9.17) is 0 Å². The van der Waals surface area contributed by atoms with E-state index in [0.717, 1.165) is 0 Å². The number of imidazole rings is 1. The SMILES string of the molecule is Cc1ncc(S(=O)(=O)Nc2ccc(F)c(C)c2)[nH]1. The second-order valence-electron chi connectivity index (χ2n) is 3.90. The number of hydrogen-bond donors (Lipinski definition) is 2. The first-order valence-electron chi connectivity index (χ1n) is 5.19. The van der Waals surface area contributed by atoms with Crippen LogP contribution in [0.3, 0.4) is 0 Å². The number of halogens is 1. The van der Waals surface area contributed by atoms with E-state index >= 15 is 0 Å². The van der Waals surface area contributed by atoms with Gasteiger partial charge in [-0.3, -0.25) is 4.72 Å². The molecule has 0 spiro atoms. The lowest BCUT2D eigenvalue weighted by Gasteiger charge is -2.07. The van der Waals surface area contributed by atoms with Gasteiger partial charge in [-0.1, -0.05) is 0 Å². The number of aryl methyl sites for hydroxylation is 2. The van der Waals surface area contributed by atoms with Crippen molar-refractivity contribution in [1.29, 1.82) is 0 Å². The highest BCUT2D eigenvalue weighted by Crippen LogP contribution is 2.17. The summed E-state index contributed by atoms with van der Waals surface area (Å²) in [6.45, 7) is 3.22. The van der Waals surface area contributed by atoms with Gasteiger partial charge in [0.1, 0.15) is 11.6 Å². The molecule has 0 aliphatic carbocycles. The molecule has 0 bridgehead atoms. The van der Waals surface area contributed by atoms with Crippen molar-refractivity contribution < 1.29 is 12.8 Å². The summed E-state index contributed by atoms with van der Waals surface area (Å²) >= 11 is 0. The molecule has 0 saturated heterocycles. The molecule has 5 nitrogen and oxygen atoms in total. The Balaban J connectivity index is 2.30. The van der Waals surface area contributed by atoms with Gasteiger partial charge in [0.2, 0.25) is 0 Å². The quantitative estimate of drug-likeness (QED) is 0.894. The summed E-state index contributed by atoms with van der Waals surface area (Å²) in [6.07, 6.45) is 1.23. The first-order valence-corrected chi connectivity index (χ1v) is 6.67. The van der Waals surface area contributed by atoms with E-state index in [-0.39, 0.29) is 10.8 Å². The summed E-state index contributed by atoms with van der Waals surface area (Å²) in [5.74, 6) is 0.126. The molecule has 0 amide bonds. The van der Waals surface area contributed by atoms with Gasteiger partial charge in [-0.25, -0.2) is 9.37 Å². The molecule has 96 valence electrons. The summed E-state index contributed by atoms with van der Waals surface area (Å²) in [4.78, 5) is 6.45. The van der Waals surface area contributed by atoms with Crippen LogP contribution in [0.4, 0.5) is 10.1 Å². The van der Waals surface area contributed by atoms with E-state index < -0.39 is 10.0 Å². The fourth-order valence-corrected chi connectivity index (χ4v) is 2.47. The molecule has 0 fully saturated rings. The molecule has 0 saturated carbocycles. The predicted molar refractivity (Wildman–Crippen MR) is 65.3 cm³/mol. The lowest BCUT2D eigenvalue weighted by atomic mass is 10.2. The highest BCUT2D eigenvalue weighted by Gasteiger charge is 2.16. The van der Waals surface area contributed by atoms with Gasteiger partial charge >= 0.3 is 0 Å². The second kappa shape index (κ2) is 4.41. The minimum Gasteiger partial charge on any atom is -0.332 e. The Kier molecular flexibility index (Phi) is 3.08. The molecule has 0 radical (unpaired) electrons. The molecule has 1 aromatic carbocycles. The van der Waals surface area contributed by atoms with E-state index in [0.29, 0.717) is 17.1 Å². The molecule has 18 heavy (non-hydrogen) atoms. The summed E-state index contributed by atoms with van der Waals surface area (Å²) in [5.41, 5.74) is 0.678. The van der Waals surface area contributed by atoms with Crippen LogP contribution in [0, 0.1) is 19.7 Å². The van der Waals surface area contributed by atoms with E-state index in [1.807, 2.05) is 0 Å². The molecule has 2 N–H and O–H groups in total. The Morgan fingerprint density at radius 2 is 2.06 bits per heavy atom. The molecule has 0 aliphatic rings. The number of aromatic amines is 1. The number of sulfonamides is 1. The number of anilines is 1. The second-order valence-corrected chi connectivity index (χ2v) is 5.55. The van der Waals surface area contributed by atoms with E-state index in [1.54, 1.807) is 13.8 Å². The van der Waals surface area contributed by atoms with Crippen molar-refractivity contribution in [3.05, 3.63) is 41.6 Å². The Labute approximate surface area is 104 Å². The highest BCUT2D eigenvalue weighted by atomic mass is 32.2. The lowest BCUT2D eigenvalue weighted by Crippen LogP contribution is -2.13. The van der Waals surface area contributed by atoms with Gasteiger partial charge in [-0.2, -0.15) is 8.42 Å². The number of hydrogen-bond acceptors (Lipinski definition) is 3. The van der Waals surface area contributed by atoms with Gasteiger partial charge in [-0.15, -0.1) is 0 Å². The molecular formula is C11H12FN3O2S. The maximum atomic E-state index is 13.1. The van der Waals surface area contributed by atoms with E-state index in [1.165, 1.54) is 24.4 Å². The zero-order valence-electron chi connectivity index (χ0n) is 9.86. The van der Waals surface area contributed by atoms with Gasteiger partial charge in [0, 0.05) is 5.69 Å². The minimum absolute atomic E-state index is 0.0259. The zero-order chi connectivity index (χ0) is 13.3. The standard InChI is InChI=1S/C11H12FN3O2S/c1-7-5-9(3-4-10(7)12)15-18(16,17)11-6-13-8(2)14-11/h3-6,15H,1-2H3,(H,13,14). The molecule has 7 heteroatoms. The maximum Gasteiger partial charge on any atom is 0.278 e. The van der Waals surface area contributed by atoms with Gasteiger partial charge in [0.25, 0.3) is 10.0 Å². The Morgan fingerprint density at radius 1 is 1.33 bits per heavy atom. The van der Waals surface area contributed by atoms with Crippen molar-refractivity contribution in [3.63, 3.8) is 0 Å². The van der Waals surface area contributed by atoms with Crippen molar-refractivity contribution >= 4 is 15.7 Å². The molecule has 2 aromatic rings. The van der Waals surface area contributed by atoms with Gasteiger partial charge < -0.3 is 4.98 Å². The van der Waals surface area contributed by atoms with Crippen LogP contribution in [0.1, 0.15) is 11.4 Å². The number of rotatable bonds is 3. The largest absolute Gasteiger partial charge is 0.332 e. The van der Waals surface area contributed by atoms with Crippen LogP contribution in [0.2, 0.25) is 0 Å². The van der Waals surface area contributed by atoms with Crippen LogP contribution in [-0.2, 0) is 10.0 Å². The zero-order valence-corrected chi connectivity index (χ0v) is 10.7. The summed E-state index contributed by atoms with van der Waals surface area (Å²) in [5, 5.41) is -0.0259. The number of benzene rings is 1. The third kappa shape index (κ3) is 2.51. The average molecular weight is 269 g/mol. The van der Waals surface area contributed by atoms with Crippen LogP contribution < -0.4 is 4.72 Å². The first-order chi connectivity index (χ1) is 8.38. The molecule has 1 aromatic heterocycles. The van der Waals surface area contributed by atoms with Gasteiger partial charge in [0.15, 0.2) is 5.03 Å². The average Bonchev–Trinajstić information content (AvgIpc) is 2.71. The molecule has 0 unspecified atom stereocenters. The number of nitrogens with zero attached hydrogens (tertiary/aromatic N) is 1. The highest BCUT2D eigenvalue weighted by molar-refractivity contribution is 7.92. The summed E-state index contributed by atoms with van der Waals surface area (Å²) in [7, 11) is -3.71. The fraction of sp³-hybridized carbons (Fsp3) is 0.182. The van der Waals surface area contributed by atoms with Gasteiger partial charge in [-0.05, 0) is 37.6 Å². The number of H-pyrrole nitrogens is 1. The molecule has 1 heterocycles. The third-order valence-corrected chi connectivity index (χ3v) is 3.67. The Hall–Kier alpha value is -1.89. The van der Waals surface area contributed by atoms with E-state index in [2.05, 4.69) is 14.7 Å². The number of nitrogens with one attached hydrogen (secondary N) is 2. The predicted octanol–water partition coefficient (Wildman–Crippen LogP) is 1.97. The van der Waals surface area contributed by atoms with Crippen LogP contribution in [-0.4, -0.2) is 18.4 Å². The van der Waals surface area contributed by atoms with Gasteiger partial charge in [0.05, 0.1) is 6.20 Å². The van der Waals surface area contributed by atoms with Crippen molar-refractivity contribution in [1.82, 2.24) is 9.97 Å². The summed E-state index contributed by atoms with van der Waals surface area (Å²) in [6, 6.07) is 4.00. The van der Waals surface area contributed by atoms with Crippen molar-refractivity contribution in [2.45, 2.75) is 18.9 Å². The maximum absolute atomic E-state index is 13.1. The van der Waals surface area contributed by atoms with Crippen LogP contribution in [0.15, 0.2) is 29.4 Å². The Morgan fingerprint density at radius 3 is 2.61 bits per heavy atom. The van der Waals surface area contributed by atoms with Crippen LogP contribution >= 0.6 is 0 Å². The third-order valence-electron chi connectivity index (χ3n) is 2.38. The number of aromatic nitrogens is 2. The van der Waals surface area contributed by atoms with Crippen LogP contribution in [0.25, 0.3) is 0 Å². The fourth-order valence-electron chi connectivity index (χ4n) is 1.45.